The Bertz CT molecular complexity index is 941. The first-order valence-electron chi connectivity index (χ1n) is 11.0. The summed E-state index contributed by atoms with van der Waals surface area (Å²) < 4.78 is 13.5. The monoisotopic (exact) mass is 442 g/mol. The maximum Gasteiger partial charge on any atom is 0.282 e. The van der Waals surface area contributed by atoms with Crippen LogP contribution in [0.5, 0.6) is 0 Å². The van der Waals surface area contributed by atoms with E-state index in [9.17, 15) is 9.18 Å². The van der Waals surface area contributed by atoms with Gasteiger partial charge >= 0.3 is 0 Å². The predicted molar refractivity (Wildman–Crippen MR) is 122 cm³/mol. The maximum atomic E-state index is 13.5. The zero-order valence-corrected chi connectivity index (χ0v) is 18.5. The van der Waals surface area contributed by atoms with E-state index in [1.807, 2.05) is 30.1 Å². The van der Waals surface area contributed by atoms with Gasteiger partial charge in [0.1, 0.15) is 11.5 Å². The van der Waals surface area contributed by atoms with E-state index in [1.165, 1.54) is 31.4 Å². The van der Waals surface area contributed by atoms with E-state index < -0.39 is 0 Å². The molecule has 1 fully saturated rings. The Morgan fingerprint density at radius 2 is 1.68 bits per heavy atom. The first-order valence-corrected chi connectivity index (χ1v) is 11.4. The molecule has 1 amide bonds. The zero-order valence-electron chi connectivity index (χ0n) is 17.7. The van der Waals surface area contributed by atoms with Crippen LogP contribution in [0.2, 0.25) is 5.02 Å². The maximum absolute atomic E-state index is 13.5. The lowest BCUT2D eigenvalue weighted by molar-refractivity contribution is -0.119. The quantitative estimate of drug-likeness (QED) is 0.696. The fraction of sp³-hybridized carbons (Fsp3) is 0.417. The zero-order chi connectivity index (χ0) is 21.8. The van der Waals surface area contributed by atoms with Crippen molar-refractivity contribution in [3.63, 3.8) is 0 Å². The SMILES string of the molecule is C[C@H]1C(C(=O)NN2CCCCCCC2)=NN(c2ccccc2Cl)[C@H]1c1ccc(F)cc1. The highest BCUT2D eigenvalue weighted by Gasteiger charge is 2.40. The molecule has 5 nitrogen and oxygen atoms in total. The summed E-state index contributed by atoms with van der Waals surface area (Å²) >= 11 is 6.47. The molecule has 1 N–H and O–H groups in total. The fourth-order valence-electron chi connectivity index (χ4n) is 4.37. The fourth-order valence-corrected chi connectivity index (χ4v) is 4.60. The summed E-state index contributed by atoms with van der Waals surface area (Å²) in [6, 6.07) is 13.5. The van der Waals surface area contributed by atoms with Crippen molar-refractivity contribution in [2.75, 3.05) is 18.1 Å². The summed E-state index contributed by atoms with van der Waals surface area (Å²) in [7, 11) is 0. The van der Waals surface area contributed by atoms with E-state index in [-0.39, 0.29) is 23.7 Å². The molecule has 0 aliphatic carbocycles. The number of carbonyl (C=O) groups is 1. The number of hydrogen-bond donors (Lipinski definition) is 1. The van der Waals surface area contributed by atoms with Crippen LogP contribution in [0.25, 0.3) is 0 Å². The van der Waals surface area contributed by atoms with Crippen LogP contribution in [-0.2, 0) is 4.79 Å². The summed E-state index contributed by atoms with van der Waals surface area (Å²) in [5.41, 5.74) is 5.13. The lowest BCUT2D eigenvalue weighted by Gasteiger charge is -2.28. The smallest absolute Gasteiger partial charge is 0.282 e. The Morgan fingerprint density at radius 3 is 2.35 bits per heavy atom. The summed E-state index contributed by atoms with van der Waals surface area (Å²) in [6.45, 7) is 3.68. The predicted octanol–water partition coefficient (Wildman–Crippen LogP) is 5.33. The van der Waals surface area contributed by atoms with Gasteiger partial charge in [-0.25, -0.2) is 9.40 Å². The van der Waals surface area contributed by atoms with Gasteiger partial charge in [0.15, 0.2) is 0 Å². The Balaban J connectivity index is 1.62. The van der Waals surface area contributed by atoms with Gasteiger partial charge in [-0.2, -0.15) is 5.10 Å². The molecule has 31 heavy (non-hydrogen) atoms. The molecule has 4 rings (SSSR count). The number of carbonyl (C=O) groups excluding carboxylic acids is 1. The minimum atomic E-state index is -0.297. The molecule has 2 aliphatic rings. The number of halogens is 2. The van der Waals surface area contributed by atoms with Gasteiger partial charge in [-0.15, -0.1) is 0 Å². The molecular formula is C24H28ClFN4O. The molecule has 2 atom stereocenters. The highest BCUT2D eigenvalue weighted by atomic mass is 35.5. The van der Waals surface area contributed by atoms with Crippen LogP contribution in [0.4, 0.5) is 10.1 Å². The summed E-state index contributed by atoms with van der Waals surface area (Å²) in [5, 5.41) is 9.08. The van der Waals surface area contributed by atoms with Gasteiger partial charge in [0, 0.05) is 19.0 Å². The Hall–Kier alpha value is -2.44. The van der Waals surface area contributed by atoms with E-state index in [0.29, 0.717) is 10.7 Å². The minimum absolute atomic E-state index is 0.185. The molecule has 0 saturated carbocycles. The Kier molecular flexibility index (Phi) is 6.88. The lowest BCUT2D eigenvalue weighted by Crippen LogP contribution is -2.47. The van der Waals surface area contributed by atoms with E-state index >= 15 is 0 Å². The second-order valence-electron chi connectivity index (χ2n) is 8.26. The van der Waals surface area contributed by atoms with Gasteiger partial charge < -0.3 is 0 Å². The van der Waals surface area contributed by atoms with Gasteiger partial charge in [-0.05, 0) is 42.7 Å². The first kappa shape index (κ1) is 21.8. The number of benzene rings is 2. The molecule has 2 heterocycles. The Morgan fingerprint density at radius 1 is 1.03 bits per heavy atom. The van der Waals surface area contributed by atoms with Crippen LogP contribution in [0.3, 0.4) is 0 Å². The summed E-state index contributed by atoms with van der Waals surface area (Å²) in [5.74, 6) is -0.680. The number of nitrogens with zero attached hydrogens (tertiary/aromatic N) is 3. The average Bonchev–Trinajstić information content (AvgIpc) is 3.08. The molecule has 2 aromatic carbocycles. The molecule has 0 spiro atoms. The molecule has 1 saturated heterocycles. The standard InChI is InChI=1S/C24H28ClFN4O/c1-17-22(24(31)28-29-15-7-3-2-4-8-16-29)27-30(21-10-6-5-9-20(21)25)23(17)18-11-13-19(26)14-12-18/h5-6,9-14,17,23H,2-4,7-8,15-16H2,1H3,(H,28,31)/t17-,23+/m0/s1. The van der Waals surface area contributed by atoms with Crippen LogP contribution in [0.1, 0.15) is 50.6 Å². The lowest BCUT2D eigenvalue weighted by atomic mass is 9.91. The van der Waals surface area contributed by atoms with Gasteiger partial charge in [-0.1, -0.05) is 62.1 Å². The summed E-state index contributed by atoms with van der Waals surface area (Å²) in [4.78, 5) is 13.2. The average molecular weight is 443 g/mol. The number of anilines is 1. The second-order valence-corrected chi connectivity index (χ2v) is 8.67. The third-order valence-corrected chi connectivity index (χ3v) is 6.36. The second kappa shape index (κ2) is 9.79. The van der Waals surface area contributed by atoms with E-state index in [2.05, 4.69) is 5.43 Å². The molecule has 0 bridgehead atoms. The van der Waals surface area contributed by atoms with Crippen molar-refractivity contribution in [1.29, 1.82) is 0 Å². The number of nitrogens with one attached hydrogen (secondary N) is 1. The molecule has 2 aromatic rings. The van der Waals surface area contributed by atoms with Crippen molar-refractivity contribution >= 4 is 28.9 Å². The molecule has 0 radical (unpaired) electrons. The van der Waals surface area contributed by atoms with E-state index in [1.54, 1.807) is 23.2 Å². The van der Waals surface area contributed by atoms with Gasteiger partial charge in [-0.3, -0.25) is 15.2 Å². The van der Waals surface area contributed by atoms with Crippen LogP contribution in [0, 0.1) is 11.7 Å². The third-order valence-electron chi connectivity index (χ3n) is 6.04. The van der Waals surface area contributed by atoms with Crippen molar-refractivity contribution in [3.8, 4) is 0 Å². The molecule has 2 aliphatic heterocycles. The number of hydrazine groups is 1. The van der Waals surface area contributed by atoms with E-state index in [0.717, 1.165) is 37.2 Å². The molecule has 0 unspecified atom stereocenters. The van der Waals surface area contributed by atoms with Gasteiger partial charge in [0.25, 0.3) is 5.91 Å². The number of para-hydroxylation sites is 1. The molecular weight excluding hydrogens is 415 g/mol. The van der Waals surface area contributed by atoms with Crippen molar-refractivity contribution in [2.45, 2.75) is 45.1 Å². The first-order chi connectivity index (χ1) is 15.0. The summed E-state index contributed by atoms with van der Waals surface area (Å²) in [6.07, 6.45) is 5.80. The highest BCUT2D eigenvalue weighted by molar-refractivity contribution is 6.40. The molecule has 0 aromatic heterocycles. The van der Waals surface area contributed by atoms with Crippen LogP contribution < -0.4 is 10.4 Å². The number of rotatable bonds is 4. The molecule has 7 heteroatoms. The number of hydrogen-bond acceptors (Lipinski definition) is 4. The van der Waals surface area contributed by atoms with Crippen LogP contribution >= 0.6 is 11.6 Å². The van der Waals surface area contributed by atoms with E-state index in [4.69, 9.17) is 16.7 Å². The topological polar surface area (TPSA) is 47.9 Å². The van der Waals surface area contributed by atoms with Crippen molar-refractivity contribution in [2.24, 2.45) is 11.0 Å². The number of amides is 1. The van der Waals surface area contributed by atoms with Crippen LogP contribution in [0.15, 0.2) is 53.6 Å². The molecule has 164 valence electrons. The van der Waals surface area contributed by atoms with Crippen molar-refractivity contribution in [3.05, 3.63) is 64.9 Å². The van der Waals surface area contributed by atoms with Gasteiger partial charge in [0.2, 0.25) is 0 Å². The van der Waals surface area contributed by atoms with Crippen LogP contribution in [-0.4, -0.2) is 29.7 Å². The third kappa shape index (κ3) is 4.91. The largest absolute Gasteiger partial charge is 0.284 e. The highest BCUT2D eigenvalue weighted by Crippen LogP contribution is 2.41. The number of hydrazone groups is 1. The van der Waals surface area contributed by atoms with Gasteiger partial charge in [0.05, 0.1) is 16.8 Å². The minimum Gasteiger partial charge on any atom is -0.284 e. The normalized spacial score (nSPS) is 22.5. The van der Waals surface area contributed by atoms with Crippen molar-refractivity contribution in [1.82, 2.24) is 10.4 Å². The van der Waals surface area contributed by atoms with Crippen molar-refractivity contribution < 1.29 is 9.18 Å². The Labute approximate surface area is 187 Å².